The molecule has 1 atom stereocenters. The van der Waals surface area contributed by atoms with Crippen molar-refractivity contribution >= 4 is 35.0 Å². The van der Waals surface area contributed by atoms with Crippen LogP contribution in [0.15, 0.2) is 60.8 Å². The average Bonchev–Trinajstić information content (AvgIpc) is 3.35. The molecule has 1 aliphatic rings. The molecule has 3 aromatic rings. The largest absolute Gasteiger partial charge is 0.383 e. The molecular formula is C29H33Cl2N3O3. The van der Waals surface area contributed by atoms with Gasteiger partial charge in [0.15, 0.2) is 0 Å². The van der Waals surface area contributed by atoms with Crippen molar-refractivity contribution in [3.05, 3.63) is 93.2 Å². The number of nitrogens with zero attached hydrogens (tertiary/aromatic N) is 3. The van der Waals surface area contributed by atoms with Crippen LogP contribution in [0.3, 0.4) is 0 Å². The second kappa shape index (κ2) is 11.3. The smallest absolute Gasteiger partial charge is 0.254 e. The van der Waals surface area contributed by atoms with Crippen molar-refractivity contribution in [3.8, 4) is 0 Å². The zero-order chi connectivity index (χ0) is 26.7. The SMILES string of the molecule is COCCN(CC(=O)N1CCn2cccc2C1c1ccc(C(C)(C)C)cc1)C(=O)c1ccc(Cl)c(Cl)c1. The number of ether oxygens (including phenoxy) is 1. The molecule has 1 unspecified atom stereocenters. The average molecular weight is 543 g/mol. The molecule has 196 valence electrons. The second-order valence-corrected chi connectivity index (χ2v) is 11.2. The summed E-state index contributed by atoms with van der Waals surface area (Å²) in [4.78, 5) is 30.6. The van der Waals surface area contributed by atoms with Gasteiger partial charge < -0.3 is 19.1 Å². The predicted molar refractivity (Wildman–Crippen MR) is 147 cm³/mol. The molecule has 0 aliphatic carbocycles. The Morgan fingerprint density at radius 3 is 2.41 bits per heavy atom. The third-order valence-electron chi connectivity index (χ3n) is 6.80. The van der Waals surface area contributed by atoms with Crippen molar-refractivity contribution < 1.29 is 14.3 Å². The molecular weight excluding hydrogens is 509 g/mol. The lowest BCUT2D eigenvalue weighted by Gasteiger charge is -2.38. The van der Waals surface area contributed by atoms with E-state index < -0.39 is 0 Å². The number of hydrogen-bond donors (Lipinski definition) is 0. The van der Waals surface area contributed by atoms with Crippen LogP contribution < -0.4 is 0 Å². The highest BCUT2D eigenvalue weighted by Gasteiger charge is 2.34. The minimum atomic E-state index is -0.296. The summed E-state index contributed by atoms with van der Waals surface area (Å²) in [6, 6.07) is 17.1. The molecule has 1 aliphatic heterocycles. The number of carbonyl (C=O) groups is 2. The van der Waals surface area contributed by atoms with Crippen molar-refractivity contribution in [2.45, 2.75) is 38.8 Å². The Balaban J connectivity index is 1.62. The highest BCUT2D eigenvalue weighted by atomic mass is 35.5. The number of carbonyl (C=O) groups excluding carboxylic acids is 2. The van der Waals surface area contributed by atoms with Gasteiger partial charge in [-0.3, -0.25) is 9.59 Å². The van der Waals surface area contributed by atoms with E-state index in [0.29, 0.717) is 35.3 Å². The zero-order valence-electron chi connectivity index (χ0n) is 21.7. The van der Waals surface area contributed by atoms with Gasteiger partial charge in [0.1, 0.15) is 6.54 Å². The molecule has 2 amide bonds. The van der Waals surface area contributed by atoms with Crippen LogP contribution >= 0.6 is 23.2 Å². The lowest BCUT2D eigenvalue weighted by molar-refractivity contribution is -0.134. The summed E-state index contributed by atoms with van der Waals surface area (Å²) in [6.07, 6.45) is 2.05. The van der Waals surface area contributed by atoms with E-state index in [0.717, 1.165) is 11.3 Å². The molecule has 0 saturated carbocycles. The third-order valence-corrected chi connectivity index (χ3v) is 7.54. The number of aromatic nitrogens is 1. The molecule has 1 aromatic heterocycles. The van der Waals surface area contributed by atoms with E-state index in [-0.39, 0.29) is 36.4 Å². The van der Waals surface area contributed by atoms with Crippen LogP contribution in [0.2, 0.25) is 10.0 Å². The monoisotopic (exact) mass is 541 g/mol. The first-order chi connectivity index (χ1) is 17.6. The Kier molecular flexibility index (Phi) is 8.32. The highest BCUT2D eigenvalue weighted by Crippen LogP contribution is 2.34. The second-order valence-electron chi connectivity index (χ2n) is 10.3. The molecule has 0 fully saturated rings. The van der Waals surface area contributed by atoms with Crippen LogP contribution in [-0.4, -0.2) is 59.5 Å². The normalized spacial score (nSPS) is 15.4. The van der Waals surface area contributed by atoms with Crippen LogP contribution in [0.25, 0.3) is 0 Å². The number of benzene rings is 2. The first-order valence-electron chi connectivity index (χ1n) is 12.4. The summed E-state index contributed by atoms with van der Waals surface area (Å²) in [6.45, 7) is 8.31. The summed E-state index contributed by atoms with van der Waals surface area (Å²) in [5.41, 5.74) is 3.74. The molecule has 0 saturated heterocycles. The van der Waals surface area contributed by atoms with Crippen molar-refractivity contribution in [2.24, 2.45) is 0 Å². The minimum absolute atomic E-state index is 0.0353. The van der Waals surface area contributed by atoms with Crippen molar-refractivity contribution in [1.82, 2.24) is 14.4 Å². The van der Waals surface area contributed by atoms with E-state index in [4.69, 9.17) is 27.9 Å². The lowest BCUT2D eigenvalue weighted by atomic mass is 9.86. The van der Waals surface area contributed by atoms with Gasteiger partial charge in [0.05, 0.1) is 22.7 Å². The summed E-state index contributed by atoms with van der Waals surface area (Å²) in [5.74, 6) is -0.419. The van der Waals surface area contributed by atoms with Crippen molar-refractivity contribution in [1.29, 1.82) is 0 Å². The fourth-order valence-corrected chi connectivity index (χ4v) is 4.99. The third kappa shape index (κ3) is 6.03. The number of fused-ring (bicyclic) bond motifs is 1. The molecule has 8 heteroatoms. The molecule has 2 heterocycles. The number of hydrogen-bond acceptors (Lipinski definition) is 3. The van der Waals surface area contributed by atoms with E-state index in [1.165, 1.54) is 16.5 Å². The van der Waals surface area contributed by atoms with E-state index in [1.807, 2.05) is 17.2 Å². The molecule has 6 nitrogen and oxygen atoms in total. The fourth-order valence-electron chi connectivity index (χ4n) is 4.69. The Labute approximate surface area is 228 Å². The van der Waals surface area contributed by atoms with Crippen LogP contribution in [0.5, 0.6) is 0 Å². The van der Waals surface area contributed by atoms with E-state index in [2.05, 4.69) is 55.7 Å². The molecule has 0 N–H and O–H groups in total. The van der Waals surface area contributed by atoms with Gasteiger partial charge >= 0.3 is 0 Å². The first-order valence-corrected chi connectivity index (χ1v) is 13.1. The molecule has 0 bridgehead atoms. The Morgan fingerprint density at radius 2 is 1.76 bits per heavy atom. The number of halogens is 2. The van der Waals surface area contributed by atoms with E-state index in [9.17, 15) is 9.59 Å². The lowest BCUT2D eigenvalue weighted by Crippen LogP contribution is -2.48. The van der Waals surface area contributed by atoms with Gasteiger partial charge in [-0.25, -0.2) is 0 Å². The van der Waals surface area contributed by atoms with Gasteiger partial charge in [0.2, 0.25) is 5.91 Å². The highest BCUT2D eigenvalue weighted by molar-refractivity contribution is 6.42. The fraction of sp³-hybridized carbons (Fsp3) is 0.379. The predicted octanol–water partition coefficient (Wildman–Crippen LogP) is 5.81. The summed E-state index contributed by atoms with van der Waals surface area (Å²) in [5, 5.41) is 0.662. The topological polar surface area (TPSA) is 54.8 Å². The van der Waals surface area contributed by atoms with Gasteiger partial charge in [0, 0.05) is 44.2 Å². The van der Waals surface area contributed by atoms with Gasteiger partial charge in [-0.2, -0.15) is 0 Å². The molecule has 0 spiro atoms. The maximum Gasteiger partial charge on any atom is 0.254 e. The molecule has 4 rings (SSSR count). The Hall–Kier alpha value is -2.80. The van der Waals surface area contributed by atoms with Crippen molar-refractivity contribution in [2.75, 3.05) is 33.4 Å². The molecule has 37 heavy (non-hydrogen) atoms. The van der Waals surface area contributed by atoms with Crippen molar-refractivity contribution in [3.63, 3.8) is 0 Å². The van der Waals surface area contributed by atoms with E-state index in [1.54, 1.807) is 19.2 Å². The molecule has 2 aromatic carbocycles. The zero-order valence-corrected chi connectivity index (χ0v) is 23.2. The number of rotatable bonds is 7. The summed E-state index contributed by atoms with van der Waals surface area (Å²) < 4.78 is 7.41. The molecule has 0 radical (unpaired) electrons. The van der Waals surface area contributed by atoms with Crippen LogP contribution in [0.1, 0.15) is 54.0 Å². The quantitative estimate of drug-likeness (QED) is 0.379. The summed E-state index contributed by atoms with van der Waals surface area (Å²) >= 11 is 12.2. The number of amides is 2. The first kappa shape index (κ1) is 27.2. The maximum absolute atomic E-state index is 13.8. The van der Waals surface area contributed by atoms with Crippen LogP contribution in [0, 0.1) is 0 Å². The van der Waals surface area contributed by atoms with Crippen LogP contribution in [-0.2, 0) is 21.5 Å². The van der Waals surface area contributed by atoms with Gasteiger partial charge in [-0.05, 0) is 46.9 Å². The Morgan fingerprint density at radius 1 is 1.03 bits per heavy atom. The Bertz CT molecular complexity index is 1260. The maximum atomic E-state index is 13.8. The van der Waals surface area contributed by atoms with Gasteiger partial charge in [-0.15, -0.1) is 0 Å². The van der Waals surface area contributed by atoms with Gasteiger partial charge in [-0.1, -0.05) is 68.2 Å². The van der Waals surface area contributed by atoms with E-state index >= 15 is 0 Å². The summed E-state index contributed by atoms with van der Waals surface area (Å²) in [7, 11) is 1.57. The number of methoxy groups -OCH3 is 1. The standard InChI is InChI=1S/C29H33Cl2N3O3/c1-29(2,3)22-10-7-20(8-11-22)27-25-6-5-13-32(25)14-15-34(27)26(35)19-33(16-17-37-4)28(36)21-9-12-23(30)24(31)18-21/h5-13,18,27H,14-17,19H2,1-4H3. The van der Waals surface area contributed by atoms with Crippen LogP contribution in [0.4, 0.5) is 0 Å². The van der Waals surface area contributed by atoms with Gasteiger partial charge in [0.25, 0.3) is 5.91 Å². The minimum Gasteiger partial charge on any atom is -0.383 e.